The van der Waals surface area contributed by atoms with E-state index in [0.717, 1.165) is 29.7 Å². The average Bonchev–Trinajstić information content (AvgIpc) is 3.33. The summed E-state index contributed by atoms with van der Waals surface area (Å²) in [4.78, 5) is 25.8. The first-order chi connectivity index (χ1) is 17.0. The van der Waals surface area contributed by atoms with Gasteiger partial charge in [-0.1, -0.05) is 48.0 Å². The number of ether oxygens (including phenoxy) is 2. The number of hydrogen-bond donors (Lipinski definition) is 2. The number of halogens is 1. The van der Waals surface area contributed by atoms with Gasteiger partial charge in [0.1, 0.15) is 5.75 Å². The molecule has 0 aliphatic carbocycles. The Morgan fingerprint density at radius 1 is 0.971 bits per heavy atom. The van der Waals surface area contributed by atoms with Gasteiger partial charge in [0.25, 0.3) is 11.8 Å². The summed E-state index contributed by atoms with van der Waals surface area (Å²) in [6, 6.07) is 22.4. The zero-order valence-corrected chi connectivity index (χ0v) is 20.0. The van der Waals surface area contributed by atoms with Gasteiger partial charge in [0.15, 0.2) is 6.10 Å². The fraction of sp³-hybridized carbons (Fsp3) is 0.286. The summed E-state index contributed by atoms with van der Waals surface area (Å²) in [6.07, 6.45) is 1.54. The van der Waals surface area contributed by atoms with Gasteiger partial charge in [-0.15, -0.1) is 0 Å². The van der Waals surface area contributed by atoms with Crippen molar-refractivity contribution in [2.75, 3.05) is 25.1 Å². The Kier molecular flexibility index (Phi) is 6.75. The minimum atomic E-state index is -0.587. The molecule has 1 unspecified atom stereocenters. The predicted octanol–water partition coefficient (Wildman–Crippen LogP) is 4.76. The van der Waals surface area contributed by atoms with E-state index in [1.165, 1.54) is 0 Å². The zero-order chi connectivity index (χ0) is 24.3. The maximum atomic E-state index is 13.1. The fourth-order valence-electron chi connectivity index (χ4n) is 4.79. The standard InChI is InChI=1S/C28H27ClN2O4/c29-22-8-4-7-21(17-22)28(11-13-34-14-12-28)18-30-26(32)20-6-3-9-23(15-20)31-27(33)25-16-19-5-1-2-10-24(19)35-25/h1-10,15,17,25H,11-14,16,18H2,(H,30,32)(H,31,33). The van der Waals surface area contributed by atoms with Gasteiger partial charge in [0.2, 0.25) is 0 Å². The highest BCUT2D eigenvalue weighted by Gasteiger charge is 2.35. The van der Waals surface area contributed by atoms with Gasteiger partial charge in [0.05, 0.1) is 0 Å². The summed E-state index contributed by atoms with van der Waals surface area (Å²) in [5.41, 5.74) is 2.92. The van der Waals surface area contributed by atoms with E-state index in [1.54, 1.807) is 24.3 Å². The number of carbonyl (C=O) groups excluding carboxylic acids is 2. The van der Waals surface area contributed by atoms with Crippen molar-refractivity contribution in [3.05, 3.63) is 94.5 Å². The smallest absolute Gasteiger partial charge is 0.265 e. The van der Waals surface area contributed by atoms with Crippen molar-refractivity contribution in [3.8, 4) is 5.75 Å². The molecule has 2 aliphatic rings. The Balaban J connectivity index is 1.24. The lowest BCUT2D eigenvalue weighted by Gasteiger charge is -2.38. The molecule has 3 aromatic carbocycles. The normalized spacial score (nSPS) is 18.3. The average molecular weight is 491 g/mol. The van der Waals surface area contributed by atoms with Gasteiger partial charge in [-0.05, 0) is 60.4 Å². The Morgan fingerprint density at radius 2 is 1.77 bits per heavy atom. The molecule has 2 amide bonds. The number of nitrogens with one attached hydrogen (secondary N) is 2. The van der Waals surface area contributed by atoms with Crippen molar-refractivity contribution in [3.63, 3.8) is 0 Å². The molecule has 35 heavy (non-hydrogen) atoms. The van der Waals surface area contributed by atoms with Crippen LogP contribution in [0.15, 0.2) is 72.8 Å². The van der Waals surface area contributed by atoms with E-state index < -0.39 is 6.10 Å². The van der Waals surface area contributed by atoms with E-state index in [4.69, 9.17) is 21.1 Å². The second-order valence-corrected chi connectivity index (χ2v) is 9.51. The molecule has 0 aromatic heterocycles. The number of benzene rings is 3. The highest BCUT2D eigenvalue weighted by molar-refractivity contribution is 6.30. The summed E-state index contributed by atoms with van der Waals surface area (Å²) in [7, 11) is 0. The molecule has 7 heteroatoms. The van der Waals surface area contributed by atoms with Crippen LogP contribution in [0.25, 0.3) is 0 Å². The van der Waals surface area contributed by atoms with Crippen molar-refractivity contribution in [2.45, 2.75) is 30.8 Å². The molecule has 180 valence electrons. The Hall–Kier alpha value is -3.35. The van der Waals surface area contributed by atoms with E-state index in [-0.39, 0.29) is 17.2 Å². The van der Waals surface area contributed by atoms with Gasteiger partial charge in [0, 0.05) is 47.9 Å². The molecule has 5 rings (SSSR count). The van der Waals surface area contributed by atoms with Crippen LogP contribution >= 0.6 is 11.6 Å². The van der Waals surface area contributed by atoms with Crippen LogP contribution in [0, 0.1) is 0 Å². The van der Waals surface area contributed by atoms with Crippen molar-refractivity contribution in [2.24, 2.45) is 0 Å². The van der Waals surface area contributed by atoms with Crippen molar-refractivity contribution in [1.82, 2.24) is 5.32 Å². The second-order valence-electron chi connectivity index (χ2n) is 9.07. The highest BCUT2D eigenvalue weighted by atomic mass is 35.5. The summed E-state index contributed by atoms with van der Waals surface area (Å²) >= 11 is 6.25. The Labute approximate surface area is 209 Å². The molecular weight excluding hydrogens is 464 g/mol. The number of hydrogen-bond acceptors (Lipinski definition) is 4. The van der Waals surface area contributed by atoms with E-state index in [9.17, 15) is 9.59 Å². The van der Waals surface area contributed by atoms with Gasteiger partial charge >= 0.3 is 0 Å². The molecule has 2 N–H and O–H groups in total. The fourth-order valence-corrected chi connectivity index (χ4v) is 4.98. The lowest BCUT2D eigenvalue weighted by atomic mass is 9.74. The third-order valence-corrected chi connectivity index (χ3v) is 7.04. The van der Waals surface area contributed by atoms with Crippen LogP contribution in [0.5, 0.6) is 5.75 Å². The number of rotatable bonds is 6. The zero-order valence-electron chi connectivity index (χ0n) is 19.3. The summed E-state index contributed by atoms with van der Waals surface area (Å²) in [5.74, 6) is 0.307. The second kappa shape index (κ2) is 10.1. The minimum absolute atomic E-state index is 0.196. The van der Waals surface area contributed by atoms with Crippen LogP contribution in [0.2, 0.25) is 5.02 Å². The van der Waals surface area contributed by atoms with Crippen molar-refractivity contribution in [1.29, 1.82) is 0 Å². The largest absolute Gasteiger partial charge is 0.480 e. The molecule has 3 aromatic rings. The molecule has 6 nitrogen and oxygen atoms in total. The number of fused-ring (bicyclic) bond motifs is 1. The lowest BCUT2D eigenvalue weighted by molar-refractivity contribution is -0.122. The predicted molar refractivity (Wildman–Crippen MR) is 135 cm³/mol. The van der Waals surface area contributed by atoms with Crippen LogP contribution < -0.4 is 15.4 Å². The summed E-state index contributed by atoms with van der Waals surface area (Å²) in [5, 5.41) is 6.66. The molecule has 2 aliphatic heterocycles. The maximum absolute atomic E-state index is 13.1. The SMILES string of the molecule is O=C(NCC1(c2cccc(Cl)c2)CCOCC1)c1cccc(NC(=O)C2Cc3ccccc3O2)c1. The number of anilines is 1. The number of carbonyl (C=O) groups is 2. The van der Waals surface area contributed by atoms with E-state index >= 15 is 0 Å². The van der Waals surface area contributed by atoms with E-state index in [2.05, 4.69) is 16.7 Å². The monoisotopic (exact) mass is 490 g/mol. The molecule has 0 bridgehead atoms. The molecule has 1 saturated heterocycles. The maximum Gasteiger partial charge on any atom is 0.265 e. The molecule has 1 fully saturated rings. The molecule has 0 saturated carbocycles. The third kappa shape index (κ3) is 5.19. The summed E-state index contributed by atoms with van der Waals surface area (Å²) < 4.78 is 11.4. The van der Waals surface area contributed by atoms with Crippen LogP contribution in [-0.2, 0) is 21.4 Å². The first-order valence-electron chi connectivity index (χ1n) is 11.8. The summed E-state index contributed by atoms with van der Waals surface area (Å²) in [6.45, 7) is 1.74. The number of amides is 2. The molecule has 1 atom stereocenters. The van der Waals surface area contributed by atoms with Crippen LogP contribution in [0.4, 0.5) is 5.69 Å². The quantitative estimate of drug-likeness (QED) is 0.522. The van der Waals surface area contributed by atoms with Gasteiger partial charge in [-0.2, -0.15) is 0 Å². The van der Waals surface area contributed by atoms with Gasteiger partial charge < -0.3 is 20.1 Å². The molecule has 0 spiro atoms. The molecule has 0 radical (unpaired) electrons. The number of para-hydroxylation sites is 1. The third-order valence-electron chi connectivity index (χ3n) is 6.81. The van der Waals surface area contributed by atoms with E-state index in [1.807, 2.05) is 42.5 Å². The van der Waals surface area contributed by atoms with Crippen molar-refractivity contribution >= 4 is 29.1 Å². The highest BCUT2D eigenvalue weighted by Crippen LogP contribution is 2.35. The van der Waals surface area contributed by atoms with Crippen LogP contribution in [0.1, 0.15) is 34.3 Å². The van der Waals surface area contributed by atoms with Gasteiger partial charge in [-0.25, -0.2) is 0 Å². The Morgan fingerprint density at radius 3 is 2.57 bits per heavy atom. The Bertz CT molecular complexity index is 1210. The first-order valence-corrected chi connectivity index (χ1v) is 12.2. The minimum Gasteiger partial charge on any atom is -0.480 e. The van der Waals surface area contributed by atoms with Gasteiger partial charge in [-0.3, -0.25) is 9.59 Å². The molecular formula is C28H27ClN2O4. The van der Waals surface area contributed by atoms with Crippen molar-refractivity contribution < 1.29 is 19.1 Å². The first kappa shape index (κ1) is 23.4. The molecule has 2 heterocycles. The van der Waals surface area contributed by atoms with E-state index in [0.29, 0.717) is 42.5 Å². The van der Waals surface area contributed by atoms with Crippen LogP contribution in [0.3, 0.4) is 0 Å². The van der Waals surface area contributed by atoms with Crippen LogP contribution in [-0.4, -0.2) is 37.7 Å². The lowest BCUT2D eigenvalue weighted by Crippen LogP contribution is -2.44. The topological polar surface area (TPSA) is 76.7 Å².